The van der Waals surface area contributed by atoms with E-state index in [-0.39, 0.29) is 5.91 Å². The van der Waals surface area contributed by atoms with Gasteiger partial charge in [0.05, 0.1) is 17.9 Å². The molecule has 116 valence electrons. The van der Waals surface area contributed by atoms with Crippen LogP contribution in [0.2, 0.25) is 0 Å². The van der Waals surface area contributed by atoms with Crippen molar-refractivity contribution in [3.05, 3.63) is 30.4 Å². The minimum Gasteiger partial charge on any atom is -0.318 e. The number of anilines is 1. The average Bonchev–Trinajstić information content (AvgIpc) is 2.96. The molecule has 0 spiro atoms. The zero-order valence-electron chi connectivity index (χ0n) is 12.6. The Morgan fingerprint density at radius 2 is 2.09 bits per heavy atom. The van der Waals surface area contributed by atoms with Gasteiger partial charge in [0.2, 0.25) is 0 Å². The van der Waals surface area contributed by atoms with Crippen LogP contribution in [0.25, 0.3) is 0 Å². The number of aromatic nitrogens is 4. The highest BCUT2D eigenvalue weighted by molar-refractivity contribution is 6.02. The van der Waals surface area contributed by atoms with Gasteiger partial charge in [0, 0.05) is 18.9 Å². The normalized spacial score (nSPS) is 18.7. The first-order valence-corrected chi connectivity index (χ1v) is 8.17. The van der Waals surface area contributed by atoms with Crippen molar-refractivity contribution >= 4 is 11.6 Å². The van der Waals surface area contributed by atoms with Crippen LogP contribution in [-0.2, 0) is 6.54 Å². The fourth-order valence-corrected chi connectivity index (χ4v) is 3.12. The van der Waals surface area contributed by atoms with Crippen LogP contribution in [0.4, 0.5) is 5.69 Å². The van der Waals surface area contributed by atoms with Crippen LogP contribution in [0.1, 0.15) is 55.1 Å². The summed E-state index contributed by atoms with van der Waals surface area (Å²) in [6.45, 7) is 0.951. The van der Waals surface area contributed by atoms with Crippen LogP contribution < -0.4 is 5.32 Å². The molecule has 0 bridgehead atoms. The third-order valence-electron chi connectivity index (χ3n) is 4.57. The van der Waals surface area contributed by atoms with Gasteiger partial charge in [0.25, 0.3) is 5.91 Å². The zero-order valence-corrected chi connectivity index (χ0v) is 12.6. The Hall–Kier alpha value is -2.11. The number of rotatable bonds is 5. The molecule has 2 aliphatic carbocycles. The van der Waals surface area contributed by atoms with Gasteiger partial charge in [-0.05, 0) is 37.7 Å². The molecule has 0 radical (unpaired) electrons. The predicted molar refractivity (Wildman–Crippen MR) is 82.6 cm³/mol. The number of hydrogen-bond acceptors (Lipinski definition) is 3. The van der Waals surface area contributed by atoms with E-state index in [0.29, 0.717) is 11.7 Å². The van der Waals surface area contributed by atoms with Crippen LogP contribution >= 0.6 is 0 Å². The molecule has 1 N–H and O–H groups in total. The topological polar surface area (TPSA) is 64.7 Å². The quantitative estimate of drug-likeness (QED) is 0.923. The average molecular weight is 299 g/mol. The van der Waals surface area contributed by atoms with Gasteiger partial charge >= 0.3 is 0 Å². The molecular formula is C16H21N5O. The molecule has 0 saturated heterocycles. The summed E-state index contributed by atoms with van der Waals surface area (Å²) in [6, 6.07) is 2.25. The minimum absolute atomic E-state index is 0.164. The molecule has 0 aromatic carbocycles. The van der Waals surface area contributed by atoms with Gasteiger partial charge in [-0.2, -0.15) is 10.2 Å². The van der Waals surface area contributed by atoms with E-state index in [2.05, 4.69) is 15.5 Å². The molecule has 2 aromatic heterocycles. The molecule has 2 heterocycles. The molecule has 2 fully saturated rings. The second kappa shape index (κ2) is 5.59. The summed E-state index contributed by atoms with van der Waals surface area (Å²) in [5.41, 5.74) is 1.21. The molecule has 4 rings (SSSR count). The molecule has 22 heavy (non-hydrogen) atoms. The van der Waals surface area contributed by atoms with Crippen molar-refractivity contribution in [3.63, 3.8) is 0 Å². The number of carbonyl (C=O) groups excluding carboxylic acids is 1. The van der Waals surface area contributed by atoms with Crippen molar-refractivity contribution in [2.75, 3.05) is 5.32 Å². The number of nitrogens with one attached hydrogen (secondary N) is 1. The van der Waals surface area contributed by atoms with Crippen LogP contribution in [0.3, 0.4) is 0 Å². The van der Waals surface area contributed by atoms with E-state index in [1.54, 1.807) is 12.3 Å². The standard InChI is InChI=1S/C16H21N5O/c22-16(15-7-8-21(19-15)14-3-1-2-4-14)18-13-9-17-20(11-13)10-12-5-6-12/h7-9,11-12,14H,1-6,10H2,(H,18,22). The zero-order chi connectivity index (χ0) is 14.9. The summed E-state index contributed by atoms with van der Waals surface area (Å²) in [5.74, 6) is 0.605. The Balaban J connectivity index is 1.39. The van der Waals surface area contributed by atoms with E-state index in [9.17, 15) is 4.79 Å². The lowest BCUT2D eigenvalue weighted by Gasteiger charge is -2.08. The van der Waals surface area contributed by atoms with E-state index in [1.807, 2.05) is 21.8 Å². The fourth-order valence-electron chi connectivity index (χ4n) is 3.12. The molecule has 6 heteroatoms. The maximum Gasteiger partial charge on any atom is 0.276 e. The number of nitrogens with zero attached hydrogens (tertiary/aromatic N) is 4. The van der Waals surface area contributed by atoms with Crippen molar-refractivity contribution in [1.82, 2.24) is 19.6 Å². The Kier molecular flexibility index (Phi) is 3.44. The first kappa shape index (κ1) is 13.5. The summed E-state index contributed by atoms with van der Waals surface area (Å²) in [5, 5.41) is 11.6. The van der Waals surface area contributed by atoms with Gasteiger partial charge in [0.1, 0.15) is 0 Å². The van der Waals surface area contributed by atoms with Crippen LogP contribution in [0, 0.1) is 5.92 Å². The van der Waals surface area contributed by atoms with Crippen molar-refractivity contribution in [2.24, 2.45) is 5.92 Å². The molecule has 0 atom stereocenters. The highest BCUT2D eigenvalue weighted by Crippen LogP contribution is 2.30. The van der Waals surface area contributed by atoms with E-state index in [1.165, 1.54) is 25.7 Å². The summed E-state index contributed by atoms with van der Waals surface area (Å²) in [7, 11) is 0. The van der Waals surface area contributed by atoms with Crippen molar-refractivity contribution < 1.29 is 4.79 Å². The van der Waals surface area contributed by atoms with E-state index in [4.69, 9.17) is 0 Å². The first-order valence-electron chi connectivity index (χ1n) is 8.17. The maximum absolute atomic E-state index is 12.3. The second-order valence-corrected chi connectivity index (χ2v) is 6.47. The third-order valence-corrected chi connectivity index (χ3v) is 4.57. The molecule has 0 unspecified atom stereocenters. The number of hydrogen-bond donors (Lipinski definition) is 1. The minimum atomic E-state index is -0.164. The van der Waals surface area contributed by atoms with Crippen LogP contribution in [-0.4, -0.2) is 25.5 Å². The third kappa shape index (κ3) is 2.91. The lowest BCUT2D eigenvalue weighted by molar-refractivity contribution is 0.102. The number of carbonyl (C=O) groups is 1. The maximum atomic E-state index is 12.3. The van der Waals surface area contributed by atoms with Gasteiger partial charge in [-0.25, -0.2) is 0 Å². The molecule has 0 aliphatic heterocycles. The lowest BCUT2D eigenvalue weighted by Crippen LogP contribution is -2.14. The Morgan fingerprint density at radius 1 is 1.27 bits per heavy atom. The van der Waals surface area contributed by atoms with Gasteiger partial charge in [-0.15, -0.1) is 0 Å². The summed E-state index contributed by atoms with van der Waals surface area (Å²) < 4.78 is 3.85. The second-order valence-electron chi connectivity index (χ2n) is 6.47. The van der Waals surface area contributed by atoms with Gasteiger partial charge in [-0.3, -0.25) is 14.2 Å². The summed E-state index contributed by atoms with van der Waals surface area (Å²) >= 11 is 0. The van der Waals surface area contributed by atoms with Crippen molar-refractivity contribution in [2.45, 2.75) is 51.1 Å². The van der Waals surface area contributed by atoms with Gasteiger partial charge < -0.3 is 5.32 Å². The van der Waals surface area contributed by atoms with Crippen molar-refractivity contribution in [1.29, 1.82) is 0 Å². The highest BCUT2D eigenvalue weighted by Gasteiger charge is 2.22. The van der Waals surface area contributed by atoms with E-state index in [0.717, 1.165) is 31.0 Å². The van der Waals surface area contributed by atoms with Gasteiger partial charge in [0.15, 0.2) is 5.69 Å². The smallest absolute Gasteiger partial charge is 0.276 e. The molecule has 2 aliphatic rings. The molecule has 1 amide bonds. The molecule has 2 saturated carbocycles. The SMILES string of the molecule is O=C(Nc1cnn(CC2CC2)c1)c1ccn(C2CCCC2)n1. The molecule has 2 aromatic rings. The lowest BCUT2D eigenvalue weighted by atomic mass is 10.3. The fraction of sp³-hybridized carbons (Fsp3) is 0.562. The van der Waals surface area contributed by atoms with Crippen LogP contribution in [0.5, 0.6) is 0 Å². The Labute approximate surface area is 129 Å². The van der Waals surface area contributed by atoms with E-state index >= 15 is 0 Å². The Morgan fingerprint density at radius 3 is 2.86 bits per heavy atom. The van der Waals surface area contributed by atoms with Crippen molar-refractivity contribution in [3.8, 4) is 0 Å². The molecule has 6 nitrogen and oxygen atoms in total. The largest absolute Gasteiger partial charge is 0.318 e. The van der Waals surface area contributed by atoms with Crippen LogP contribution in [0.15, 0.2) is 24.7 Å². The first-order chi connectivity index (χ1) is 10.8. The number of amides is 1. The predicted octanol–water partition coefficient (Wildman–Crippen LogP) is 2.86. The monoisotopic (exact) mass is 299 g/mol. The van der Waals surface area contributed by atoms with E-state index < -0.39 is 0 Å². The molecular weight excluding hydrogens is 278 g/mol. The summed E-state index contributed by atoms with van der Waals surface area (Å²) in [6.07, 6.45) is 12.9. The summed E-state index contributed by atoms with van der Waals surface area (Å²) in [4.78, 5) is 12.3. The Bertz CT molecular complexity index is 664. The highest BCUT2D eigenvalue weighted by atomic mass is 16.2. The van der Waals surface area contributed by atoms with Gasteiger partial charge in [-0.1, -0.05) is 12.8 Å².